The van der Waals surface area contributed by atoms with Gasteiger partial charge in [-0.15, -0.1) is 6.42 Å². The number of benzene rings is 2. The lowest BCUT2D eigenvalue weighted by Crippen LogP contribution is -2.16. The summed E-state index contributed by atoms with van der Waals surface area (Å²) in [6.45, 7) is 0.311. The average molecular weight is 407 g/mol. The molecule has 29 heavy (non-hydrogen) atoms. The summed E-state index contributed by atoms with van der Waals surface area (Å²) in [5, 5.41) is 0. The minimum absolute atomic E-state index is 0.255. The summed E-state index contributed by atoms with van der Waals surface area (Å²) in [6.07, 6.45) is 10.1. The van der Waals surface area contributed by atoms with Crippen LogP contribution in [0.2, 0.25) is 0 Å². The molecule has 0 fully saturated rings. The Kier molecular flexibility index (Phi) is 5.41. The molecule has 1 aliphatic rings. The van der Waals surface area contributed by atoms with Crippen molar-refractivity contribution in [2.45, 2.75) is 32.2 Å². The van der Waals surface area contributed by atoms with Gasteiger partial charge in [0.15, 0.2) is 16.3 Å². The molecule has 0 bridgehead atoms. The van der Waals surface area contributed by atoms with E-state index in [1.54, 1.807) is 14.2 Å². The third-order valence-electron chi connectivity index (χ3n) is 5.23. The number of aromatic nitrogens is 1. The smallest absolute Gasteiger partial charge is 0.279 e. The van der Waals surface area contributed by atoms with E-state index in [9.17, 15) is 4.79 Å². The van der Waals surface area contributed by atoms with Gasteiger partial charge in [0.25, 0.3) is 5.91 Å². The topological polar surface area (TPSA) is 52.8 Å². The Balaban J connectivity index is 1.81. The number of fused-ring (bicyclic) bond motifs is 2. The third kappa shape index (κ3) is 3.66. The summed E-state index contributed by atoms with van der Waals surface area (Å²) in [6, 6.07) is 9.68. The lowest BCUT2D eigenvalue weighted by molar-refractivity contribution is 0.0997. The number of rotatable bonds is 4. The maximum atomic E-state index is 12.9. The first kappa shape index (κ1) is 19.3. The zero-order chi connectivity index (χ0) is 20.4. The second-order valence-electron chi connectivity index (χ2n) is 6.96. The Morgan fingerprint density at radius 3 is 2.59 bits per heavy atom. The number of hydrogen-bond acceptors (Lipinski definition) is 4. The van der Waals surface area contributed by atoms with Gasteiger partial charge in [0.1, 0.15) is 0 Å². The third-order valence-corrected chi connectivity index (χ3v) is 6.27. The molecule has 0 saturated carbocycles. The summed E-state index contributed by atoms with van der Waals surface area (Å²) in [4.78, 5) is 17.9. The van der Waals surface area contributed by atoms with Crippen LogP contribution in [0.25, 0.3) is 10.2 Å². The molecule has 0 saturated heterocycles. The Labute approximate surface area is 173 Å². The molecule has 0 unspecified atom stereocenters. The second kappa shape index (κ2) is 8.14. The van der Waals surface area contributed by atoms with Gasteiger partial charge in [-0.25, -0.2) is 0 Å². The van der Waals surface area contributed by atoms with Crippen LogP contribution >= 0.6 is 11.3 Å². The predicted molar refractivity (Wildman–Crippen MR) is 115 cm³/mol. The summed E-state index contributed by atoms with van der Waals surface area (Å²) in [5.41, 5.74) is 4.09. The highest BCUT2D eigenvalue weighted by Crippen LogP contribution is 2.33. The van der Waals surface area contributed by atoms with Crippen LogP contribution in [-0.2, 0) is 19.4 Å². The number of methoxy groups -OCH3 is 2. The molecule has 5 nitrogen and oxygen atoms in total. The number of aryl methyl sites for hydroxylation is 2. The van der Waals surface area contributed by atoms with Crippen molar-refractivity contribution in [2.75, 3.05) is 14.2 Å². The van der Waals surface area contributed by atoms with Crippen LogP contribution in [0.15, 0.2) is 35.3 Å². The highest BCUT2D eigenvalue weighted by molar-refractivity contribution is 7.16. The highest BCUT2D eigenvalue weighted by atomic mass is 32.1. The van der Waals surface area contributed by atoms with Crippen molar-refractivity contribution in [3.8, 4) is 23.8 Å². The van der Waals surface area contributed by atoms with E-state index in [1.807, 2.05) is 28.8 Å². The van der Waals surface area contributed by atoms with E-state index < -0.39 is 0 Å². The van der Waals surface area contributed by atoms with Crippen molar-refractivity contribution in [2.24, 2.45) is 4.99 Å². The minimum atomic E-state index is -0.255. The highest BCUT2D eigenvalue weighted by Gasteiger charge is 2.15. The van der Waals surface area contributed by atoms with Gasteiger partial charge in [-0.2, -0.15) is 4.99 Å². The number of hydrogen-bond donors (Lipinski definition) is 0. The number of thiazole rings is 1. The van der Waals surface area contributed by atoms with Gasteiger partial charge in [0.05, 0.1) is 31.0 Å². The molecule has 4 rings (SSSR count). The van der Waals surface area contributed by atoms with Gasteiger partial charge in [-0.3, -0.25) is 4.79 Å². The van der Waals surface area contributed by atoms with Crippen molar-refractivity contribution in [3.05, 3.63) is 51.8 Å². The van der Waals surface area contributed by atoms with Crippen molar-refractivity contribution < 1.29 is 14.3 Å². The van der Waals surface area contributed by atoms with Crippen LogP contribution in [-0.4, -0.2) is 24.7 Å². The van der Waals surface area contributed by atoms with Gasteiger partial charge in [-0.1, -0.05) is 23.3 Å². The SMILES string of the molecule is C#CCn1c(=NC(=O)c2ccc3c(c2)CCCC3)sc2cc(OC)c(OC)cc21. The molecule has 0 N–H and O–H groups in total. The Hall–Kier alpha value is -3.04. The van der Waals surface area contributed by atoms with Crippen LogP contribution < -0.4 is 14.3 Å². The first-order valence-corrected chi connectivity index (χ1v) is 10.4. The Morgan fingerprint density at radius 1 is 1.14 bits per heavy atom. The molecule has 0 atom stereocenters. The molecule has 1 amide bonds. The van der Waals surface area contributed by atoms with Crippen LogP contribution in [0.5, 0.6) is 11.5 Å². The van der Waals surface area contributed by atoms with E-state index in [2.05, 4.69) is 17.0 Å². The molecular weight excluding hydrogens is 384 g/mol. The fourth-order valence-corrected chi connectivity index (χ4v) is 4.78. The van der Waals surface area contributed by atoms with E-state index in [0.29, 0.717) is 28.4 Å². The van der Waals surface area contributed by atoms with E-state index in [-0.39, 0.29) is 5.91 Å². The van der Waals surface area contributed by atoms with Crippen LogP contribution in [0.4, 0.5) is 0 Å². The van der Waals surface area contributed by atoms with Crippen molar-refractivity contribution in [1.82, 2.24) is 4.57 Å². The normalized spacial score (nSPS) is 13.8. The second-order valence-corrected chi connectivity index (χ2v) is 7.97. The van der Waals surface area contributed by atoms with Crippen molar-refractivity contribution in [1.29, 1.82) is 0 Å². The fraction of sp³-hybridized carbons (Fsp3) is 0.304. The van der Waals surface area contributed by atoms with E-state index >= 15 is 0 Å². The van der Waals surface area contributed by atoms with Gasteiger partial charge in [0.2, 0.25) is 0 Å². The lowest BCUT2D eigenvalue weighted by atomic mass is 9.90. The number of terminal acetylenes is 1. The minimum Gasteiger partial charge on any atom is -0.493 e. The lowest BCUT2D eigenvalue weighted by Gasteiger charge is -2.15. The molecular formula is C23H22N2O3S. The molecule has 0 radical (unpaired) electrons. The molecule has 0 aliphatic heterocycles. The van der Waals surface area contributed by atoms with Gasteiger partial charge in [0, 0.05) is 17.7 Å². The molecule has 148 valence electrons. The van der Waals surface area contributed by atoms with Gasteiger partial charge >= 0.3 is 0 Å². The van der Waals surface area contributed by atoms with Crippen LogP contribution in [0.3, 0.4) is 0 Å². The molecule has 0 spiro atoms. The Morgan fingerprint density at radius 2 is 1.86 bits per heavy atom. The zero-order valence-electron chi connectivity index (χ0n) is 16.5. The number of ether oxygens (including phenoxy) is 2. The number of amides is 1. The molecule has 2 aromatic carbocycles. The fourth-order valence-electron chi connectivity index (χ4n) is 3.74. The predicted octanol–water partition coefficient (Wildman–Crippen LogP) is 3.97. The van der Waals surface area contributed by atoms with Crippen molar-refractivity contribution in [3.63, 3.8) is 0 Å². The molecule has 6 heteroatoms. The Bertz CT molecular complexity index is 1200. The molecule has 1 aliphatic carbocycles. The monoisotopic (exact) mass is 406 g/mol. The maximum Gasteiger partial charge on any atom is 0.279 e. The average Bonchev–Trinajstić information content (AvgIpc) is 3.08. The molecule has 1 heterocycles. The first-order chi connectivity index (χ1) is 14.1. The largest absolute Gasteiger partial charge is 0.493 e. The molecule has 3 aromatic rings. The van der Waals surface area contributed by atoms with E-state index in [4.69, 9.17) is 15.9 Å². The van der Waals surface area contributed by atoms with Gasteiger partial charge in [-0.05, 0) is 48.9 Å². The van der Waals surface area contributed by atoms with Crippen LogP contribution in [0.1, 0.15) is 34.3 Å². The summed E-state index contributed by atoms with van der Waals surface area (Å²) in [7, 11) is 3.18. The number of carbonyl (C=O) groups excluding carboxylic acids is 1. The summed E-state index contributed by atoms with van der Waals surface area (Å²) < 4.78 is 13.6. The number of carbonyl (C=O) groups is 1. The summed E-state index contributed by atoms with van der Waals surface area (Å²) >= 11 is 1.41. The van der Waals surface area contributed by atoms with Gasteiger partial charge < -0.3 is 14.0 Å². The standard InChI is InChI=1S/C23H22N2O3S/c1-4-11-25-18-13-19(27-2)20(28-3)14-21(18)29-23(25)24-22(26)17-10-9-15-7-5-6-8-16(15)12-17/h1,9-10,12-14H,5-8,11H2,2-3H3. The molecule has 1 aromatic heterocycles. The van der Waals surface area contributed by atoms with E-state index in [0.717, 1.165) is 23.1 Å². The number of nitrogens with zero attached hydrogens (tertiary/aromatic N) is 2. The quantitative estimate of drug-likeness (QED) is 0.616. The maximum absolute atomic E-state index is 12.9. The van der Waals surface area contributed by atoms with E-state index in [1.165, 1.54) is 35.3 Å². The van der Waals surface area contributed by atoms with Crippen LogP contribution in [0, 0.1) is 12.3 Å². The summed E-state index contributed by atoms with van der Waals surface area (Å²) in [5.74, 6) is 3.63. The van der Waals surface area contributed by atoms with Crippen molar-refractivity contribution >= 4 is 27.5 Å². The zero-order valence-corrected chi connectivity index (χ0v) is 17.3. The first-order valence-electron chi connectivity index (χ1n) is 9.54.